The Morgan fingerprint density at radius 1 is 1.44 bits per heavy atom. The molecular formula is C12H22N2OS. The Labute approximate surface area is 102 Å². The Hall–Kier alpha value is -0.480. The first-order chi connectivity index (χ1) is 7.58. The minimum Gasteiger partial charge on any atom is -0.440 e. The molecule has 0 aliphatic heterocycles. The summed E-state index contributed by atoms with van der Waals surface area (Å²) in [6.07, 6.45) is 2.93. The fourth-order valence-corrected chi connectivity index (χ4v) is 2.14. The molecule has 1 aromatic rings. The highest BCUT2D eigenvalue weighted by molar-refractivity contribution is 7.99. The topological polar surface area (TPSA) is 38.1 Å². The molecular weight excluding hydrogens is 220 g/mol. The van der Waals surface area contributed by atoms with E-state index in [2.05, 4.69) is 31.1 Å². The molecule has 0 amide bonds. The van der Waals surface area contributed by atoms with Crippen LogP contribution in [0.5, 0.6) is 0 Å². The van der Waals surface area contributed by atoms with E-state index in [0.717, 1.165) is 29.9 Å². The van der Waals surface area contributed by atoms with E-state index in [4.69, 9.17) is 4.42 Å². The maximum Gasteiger partial charge on any atom is 0.256 e. The maximum atomic E-state index is 5.30. The minimum atomic E-state index is 0.491. The first kappa shape index (κ1) is 13.6. The highest BCUT2D eigenvalue weighted by Gasteiger charge is 2.08. The fourth-order valence-electron chi connectivity index (χ4n) is 1.30. The number of nitrogens with one attached hydrogen (secondary N) is 1. The van der Waals surface area contributed by atoms with Gasteiger partial charge in [0.15, 0.2) is 0 Å². The van der Waals surface area contributed by atoms with Gasteiger partial charge in [-0.15, -0.1) is 0 Å². The lowest BCUT2D eigenvalue weighted by molar-refractivity contribution is 0.452. The maximum absolute atomic E-state index is 5.30. The van der Waals surface area contributed by atoms with Crippen LogP contribution in [0.15, 0.2) is 15.9 Å². The van der Waals surface area contributed by atoms with E-state index in [1.807, 2.05) is 6.92 Å². The smallest absolute Gasteiger partial charge is 0.256 e. The Morgan fingerprint density at radius 3 is 2.75 bits per heavy atom. The van der Waals surface area contributed by atoms with E-state index in [1.165, 1.54) is 6.42 Å². The minimum absolute atomic E-state index is 0.491. The summed E-state index contributed by atoms with van der Waals surface area (Å²) in [5.41, 5.74) is 0.947. The zero-order chi connectivity index (χ0) is 12.0. The number of thioether (sulfide) groups is 1. The van der Waals surface area contributed by atoms with Gasteiger partial charge in [0, 0.05) is 11.8 Å². The zero-order valence-electron chi connectivity index (χ0n) is 10.6. The number of aryl methyl sites for hydroxylation is 1. The molecule has 0 saturated heterocycles. The van der Waals surface area contributed by atoms with Crippen molar-refractivity contribution in [1.82, 2.24) is 10.3 Å². The summed E-state index contributed by atoms with van der Waals surface area (Å²) in [5.74, 6) is 0.768. The monoisotopic (exact) mass is 242 g/mol. The molecule has 3 nitrogen and oxygen atoms in total. The molecule has 0 radical (unpaired) electrons. The van der Waals surface area contributed by atoms with Gasteiger partial charge in [-0.05, 0) is 25.8 Å². The standard InChI is InChI=1S/C12H22N2OS/c1-9(2)5-6-13-7-11(4)16-12-14-10(3)8-15-12/h8-9,11,13H,5-7H2,1-4H3. The van der Waals surface area contributed by atoms with Crippen molar-refractivity contribution in [2.45, 2.75) is 44.6 Å². The molecule has 1 rings (SSSR count). The zero-order valence-corrected chi connectivity index (χ0v) is 11.4. The molecule has 92 valence electrons. The third-order valence-corrected chi connectivity index (χ3v) is 3.19. The highest BCUT2D eigenvalue weighted by atomic mass is 32.2. The van der Waals surface area contributed by atoms with Crippen molar-refractivity contribution in [2.24, 2.45) is 5.92 Å². The summed E-state index contributed by atoms with van der Waals surface area (Å²) in [6, 6.07) is 0. The molecule has 0 saturated carbocycles. The van der Waals surface area contributed by atoms with E-state index in [0.29, 0.717) is 5.25 Å². The van der Waals surface area contributed by atoms with Crippen molar-refractivity contribution < 1.29 is 4.42 Å². The lowest BCUT2D eigenvalue weighted by Gasteiger charge is -2.11. The molecule has 1 aromatic heterocycles. The first-order valence-corrected chi connectivity index (χ1v) is 6.75. The van der Waals surface area contributed by atoms with Crippen molar-refractivity contribution in [3.8, 4) is 0 Å². The van der Waals surface area contributed by atoms with Crippen LogP contribution < -0.4 is 5.32 Å². The van der Waals surface area contributed by atoms with Gasteiger partial charge in [-0.1, -0.05) is 32.5 Å². The Balaban J connectivity index is 2.13. The van der Waals surface area contributed by atoms with Gasteiger partial charge in [-0.2, -0.15) is 0 Å². The van der Waals surface area contributed by atoms with Crippen LogP contribution in [0, 0.1) is 12.8 Å². The molecule has 4 heteroatoms. The molecule has 1 heterocycles. The molecule has 1 unspecified atom stereocenters. The summed E-state index contributed by atoms with van der Waals surface area (Å²) in [5, 5.41) is 4.72. The van der Waals surface area contributed by atoms with Gasteiger partial charge in [0.25, 0.3) is 5.22 Å². The van der Waals surface area contributed by atoms with Crippen LogP contribution in [0.1, 0.15) is 32.9 Å². The molecule has 0 fully saturated rings. The van der Waals surface area contributed by atoms with Gasteiger partial charge in [0.2, 0.25) is 0 Å². The second-order valence-corrected chi connectivity index (χ2v) is 5.96. The molecule has 16 heavy (non-hydrogen) atoms. The van der Waals surface area contributed by atoms with Crippen molar-refractivity contribution in [3.63, 3.8) is 0 Å². The summed E-state index contributed by atoms with van der Waals surface area (Å²) in [6.45, 7) is 10.7. The van der Waals surface area contributed by atoms with E-state index in [-0.39, 0.29) is 0 Å². The Morgan fingerprint density at radius 2 is 2.19 bits per heavy atom. The van der Waals surface area contributed by atoms with Gasteiger partial charge in [-0.25, -0.2) is 4.98 Å². The second-order valence-electron chi connectivity index (χ2n) is 4.57. The van der Waals surface area contributed by atoms with Crippen molar-refractivity contribution in [2.75, 3.05) is 13.1 Å². The van der Waals surface area contributed by atoms with Gasteiger partial charge in [0.05, 0.1) is 5.69 Å². The largest absolute Gasteiger partial charge is 0.440 e. The summed E-state index contributed by atoms with van der Waals surface area (Å²) in [4.78, 5) is 4.28. The second kappa shape index (κ2) is 6.97. The number of hydrogen-bond donors (Lipinski definition) is 1. The van der Waals surface area contributed by atoms with E-state index in [9.17, 15) is 0 Å². The van der Waals surface area contributed by atoms with E-state index in [1.54, 1.807) is 18.0 Å². The number of aromatic nitrogens is 1. The van der Waals surface area contributed by atoms with Gasteiger partial charge in [-0.3, -0.25) is 0 Å². The quantitative estimate of drug-likeness (QED) is 0.589. The lowest BCUT2D eigenvalue weighted by atomic mass is 10.1. The first-order valence-electron chi connectivity index (χ1n) is 5.87. The molecule has 0 aromatic carbocycles. The molecule has 0 aliphatic carbocycles. The summed E-state index contributed by atoms with van der Waals surface area (Å²) in [7, 11) is 0. The summed E-state index contributed by atoms with van der Waals surface area (Å²) >= 11 is 1.68. The number of hydrogen-bond acceptors (Lipinski definition) is 4. The highest BCUT2D eigenvalue weighted by Crippen LogP contribution is 2.21. The molecule has 1 N–H and O–H groups in total. The number of oxazole rings is 1. The van der Waals surface area contributed by atoms with E-state index >= 15 is 0 Å². The predicted octanol–water partition coefficient (Wildman–Crippen LogP) is 3.10. The van der Waals surface area contributed by atoms with Crippen molar-refractivity contribution >= 4 is 11.8 Å². The van der Waals surface area contributed by atoms with Crippen LogP contribution in [0.4, 0.5) is 0 Å². The third-order valence-electron chi connectivity index (χ3n) is 2.23. The summed E-state index contributed by atoms with van der Waals surface area (Å²) < 4.78 is 5.30. The number of nitrogens with zero attached hydrogens (tertiary/aromatic N) is 1. The normalized spacial score (nSPS) is 13.3. The number of rotatable bonds is 7. The van der Waals surface area contributed by atoms with Gasteiger partial charge in [0.1, 0.15) is 6.26 Å². The lowest BCUT2D eigenvalue weighted by Crippen LogP contribution is -2.24. The average molecular weight is 242 g/mol. The fraction of sp³-hybridized carbons (Fsp3) is 0.750. The van der Waals surface area contributed by atoms with Crippen molar-refractivity contribution in [1.29, 1.82) is 0 Å². The third kappa shape index (κ3) is 5.56. The molecule has 0 aliphatic rings. The SMILES string of the molecule is Cc1coc(SC(C)CNCCC(C)C)n1. The average Bonchev–Trinajstić information content (AvgIpc) is 2.58. The van der Waals surface area contributed by atoms with Crippen molar-refractivity contribution in [3.05, 3.63) is 12.0 Å². The Bertz CT molecular complexity index is 299. The van der Waals surface area contributed by atoms with Gasteiger partial charge < -0.3 is 9.73 Å². The van der Waals surface area contributed by atoms with Gasteiger partial charge >= 0.3 is 0 Å². The van der Waals surface area contributed by atoms with Crippen LogP contribution in [-0.4, -0.2) is 23.3 Å². The molecule has 1 atom stereocenters. The van der Waals surface area contributed by atoms with Crippen LogP contribution in [0.2, 0.25) is 0 Å². The predicted molar refractivity (Wildman–Crippen MR) is 68.9 cm³/mol. The van der Waals surface area contributed by atoms with E-state index < -0.39 is 0 Å². The van der Waals surface area contributed by atoms with Crippen LogP contribution in [0.3, 0.4) is 0 Å². The van der Waals surface area contributed by atoms with Crippen LogP contribution in [0.25, 0.3) is 0 Å². The molecule has 0 spiro atoms. The van der Waals surface area contributed by atoms with Crippen LogP contribution in [-0.2, 0) is 0 Å². The Kier molecular flexibility index (Phi) is 5.91. The van der Waals surface area contributed by atoms with Crippen LogP contribution >= 0.6 is 11.8 Å². The molecule has 0 bridgehead atoms.